The van der Waals surface area contributed by atoms with E-state index in [0.29, 0.717) is 0 Å². The van der Waals surface area contributed by atoms with E-state index in [1.54, 1.807) is 0 Å². The normalized spacial score (nSPS) is 13.4. The van der Waals surface area contributed by atoms with Crippen LogP contribution < -0.4 is 10.4 Å². The molecule has 0 saturated carbocycles. The Kier molecular flexibility index (Phi) is 8.02. The van der Waals surface area contributed by atoms with Crippen LogP contribution in [-0.2, 0) is 10.8 Å². The van der Waals surface area contributed by atoms with E-state index in [2.05, 4.69) is 99.6 Å². The summed E-state index contributed by atoms with van der Waals surface area (Å²) in [5.41, 5.74) is 1.31. The maximum absolute atomic E-state index is 10.7. The molecule has 162 valence electrons. The summed E-state index contributed by atoms with van der Waals surface area (Å²) in [5.74, 6) is 0. The molecule has 0 spiro atoms. The first-order valence-corrected chi connectivity index (χ1v) is 13.0. The number of hydrogen-bond donors (Lipinski definition) is 1. The fraction of sp³-hybridized carbons (Fsp3) is 0.286. The molecule has 3 heteroatoms. The van der Waals surface area contributed by atoms with E-state index in [9.17, 15) is 5.11 Å². The summed E-state index contributed by atoms with van der Waals surface area (Å²) in [7, 11) is -2.61. The second kappa shape index (κ2) is 10.7. The van der Waals surface area contributed by atoms with Crippen LogP contribution in [0.5, 0.6) is 0 Å². The van der Waals surface area contributed by atoms with E-state index in [4.69, 9.17) is 4.43 Å². The Morgan fingerprint density at radius 3 is 1.77 bits per heavy atom. The maximum atomic E-state index is 10.7. The standard InChI is InChI=1S/C28H34O2Si/c1-28(2,3)31(26-19-9-5-10-20-26,27-21-11-6-12-22-27)30-23-25(29)18-14-13-17-24-15-7-4-8-16-24/h4-12,14-16,18-22,25,29H,13,17,23H2,1-3H3/b18-14+/t25-/m0/s1. The molecule has 0 unspecified atom stereocenters. The second-order valence-electron chi connectivity index (χ2n) is 8.99. The van der Waals surface area contributed by atoms with Gasteiger partial charge in [-0.3, -0.25) is 0 Å². The lowest BCUT2D eigenvalue weighted by Crippen LogP contribution is -2.67. The molecule has 0 aliphatic heterocycles. The van der Waals surface area contributed by atoms with Gasteiger partial charge in [0.2, 0.25) is 0 Å². The molecule has 0 radical (unpaired) electrons. The predicted molar refractivity (Wildman–Crippen MR) is 133 cm³/mol. The molecule has 0 heterocycles. The van der Waals surface area contributed by atoms with E-state index >= 15 is 0 Å². The zero-order valence-electron chi connectivity index (χ0n) is 18.9. The molecule has 1 N–H and O–H groups in total. The summed E-state index contributed by atoms with van der Waals surface area (Å²) in [6, 6.07) is 31.5. The van der Waals surface area contributed by atoms with Gasteiger partial charge in [-0.1, -0.05) is 124 Å². The van der Waals surface area contributed by atoms with Gasteiger partial charge in [-0.25, -0.2) is 0 Å². The number of allylic oxidation sites excluding steroid dienone is 1. The highest BCUT2D eigenvalue weighted by molar-refractivity contribution is 6.99. The third-order valence-electron chi connectivity index (χ3n) is 5.69. The van der Waals surface area contributed by atoms with Gasteiger partial charge in [-0.05, 0) is 33.8 Å². The first-order valence-electron chi connectivity index (χ1n) is 11.1. The van der Waals surface area contributed by atoms with Crippen molar-refractivity contribution in [2.75, 3.05) is 6.61 Å². The van der Waals surface area contributed by atoms with Crippen molar-refractivity contribution in [3.63, 3.8) is 0 Å². The maximum Gasteiger partial charge on any atom is 0.261 e. The fourth-order valence-electron chi connectivity index (χ4n) is 4.18. The monoisotopic (exact) mass is 430 g/mol. The second-order valence-corrected chi connectivity index (χ2v) is 13.3. The quantitative estimate of drug-likeness (QED) is 0.377. The topological polar surface area (TPSA) is 29.5 Å². The highest BCUT2D eigenvalue weighted by Gasteiger charge is 2.50. The number of aryl methyl sites for hydroxylation is 1. The highest BCUT2D eigenvalue weighted by atomic mass is 28.4. The zero-order valence-corrected chi connectivity index (χ0v) is 19.9. The lowest BCUT2D eigenvalue weighted by Gasteiger charge is -2.43. The number of aliphatic hydroxyl groups excluding tert-OH is 1. The van der Waals surface area contributed by atoms with Crippen LogP contribution >= 0.6 is 0 Å². The number of hydrogen-bond acceptors (Lipinski definition) is 2. The van der Waals surface area contributed by atoms with Crippen molar-refractivity contribution in [1.82, 2.24) is 0 Å². The number of aliphatic hydroxyl groups is 1. The van der Waals surface area contributed by atoms with Gasteiger partial charge in [0.1, 0.15) is 0 Å². The van der Waals surface area contributed by atoms with Crippen molar-refractivity contribution in [2.24, 2.45) is 0 Å². The minimum atomic E-state index is -2.61. The van der Waals surface area contributed by atoms with Crippen molar-refractivity contribution in [1.29, 1.82) is 0 Å². The van der Waals surface area contributed by atoms with Crippen LogP contribution in [0.15, 0.2) is 103 Å². The molecular weight excluding hydrogens is 396 g/mol. The molecule has 0 bridgehead atoms. The van der Waals surface area contributed by atoms with Gasteiger partial charge in [0.05, 0.1) is 12.7 Å². The first kappa shape index (κ1) is 23.2. The minimum absolute atomic E-state index is 0.0908. The van der Waals surface area contributed by atoms with Crippen molar-refractivity contribution in [3.8, 4) is 0 Å². The van der Waals surface area contributed by atoms with Crippen molar-refractivity contribution < 1.29 is 9.53 Å². The summed E-state index contributed by atoms with van der Waals surface area (Å²) in [5, 5.41) is 13.0. The SMILES string of the molecule is CC(C)(C)[Si](OC[C@@H](O)/C=C/CCc1ccccc1)(c1ccccc1)c1ccccc1. The molecule has 0 amide bonds. The predicted octanol–water partition coefficient (Wildman–Crippen LogP) is 5.11. The molecule has 31 heavy (non-hydrogen) atoms. The summed E-state index contributed by atoms with van der Waals surface area (Å²) in [6.07, 6.45) is 5.19. The zero-order chi connectivity index (χ0) is 22.2. The Balaban J connectivity index is 1.77. The Hall–Kier alpha value is -2.46. The van der Waals surface area contributed by atoms with Crippen LogP contribution in [0.25, 0.3) is 0 Å². The third-order valence-corrected chi connectivity index (χ3v) is 10.7. The van der Waals surface area contributed by atoms with Gasteiger partial charge in [0.25, 0.3) is 8.32 Å². The van der Waals surface area contributed by atoms with Crippen LogP contribution in [0.1, 0.15) is 32.8 Å². The average Bonchev–Trinajstić information content (AvgIpc) is 2.78. The van der Waals surface area contributed by atoms with Crippen LogP contribution in [0.2, 0.25) is 5.04 Å². The van der Waals surface area contributed by atoms with Crippen LogP contribution in [0.4, 0.5) is 0 Å². The van der Waals surface area contributed by atoms with Gasteiger partial charge in [0, 0.05) is 0 Å². The Morgan fingerprint density at radius 1 is 0.806 bits per heavy atom. The molecule has 0 aromatic heterocycles. The summed E-state index contributed by atoms with van der Waals surface area (Å²) >= 11 is 0. The molecule has 0 aliphatic rings. The summed E-state index contributed by atoms with van der Waals surface area (Å²) in [4.78, 5) is 0. The molecule has 0 fully saturated rings. The molecule has 3 rings (SSSR count). The Labute approximate surface area is 188 Å². The van der Waals surface area contributed by atoms with Gasteiger partial charge >= 0.3 is 0 Å². The van der Waals surface area contributed by atoms with E-state index in [1.807, 2.05) is 24.3 Å². The average molecular weight is 431 g/mol. The number of benzene rings is 3. The van der Waals surface area contributed by atoms with Gasteiger partial charge in [-0.2, -0.15) is 0 Å². The molecule has 3 aromatic carbocycles. The minimum Gasteiger partial charge on any atom is -0.404 e. The first-order chi connectivity index (χ1) is 14.9. The Morgan fingerprint density at radius 2 is 1.29 bits per heavy atom. The largest absolute Gasteiger partial charge is 0.404 e. The molecule has 0 saturated heterocycles. The van der Waals surface area contributed by atoms with Gasteiger partial charge in [0.15, 0.2) is 0 Å². The number of rotatable bonds is 9. The van der Waals surface area contributed by atoms with Gasteiger partial charge in [-0.15, -0.1) is 0 Å². The molecule has 0 aliphatic carbocycles. The Bertz CT molecular complexity index is 892. The van der Waals surface area contributed by atoms with E-state index in [1.165, 1.54) is 15.9 Å². The molecule has 1 atom stereocenters. The van der Waals surface area contributed by atoms with Crippen molar-refractivity contribution >= 4 is 18.7 Å². The van der Waals surface area contributed by atoms with Crippen LogP contribution in [0.3, 0.4) is 0 Å². The molecule has 2 nitrogen and oxygen atoms in total. The summed E-state index contributed by atoms with van der Waals surface area (Å²) in [6.45, 7) is 7.04. The molecule has 3 aromatic rings. The molecular formula is C28H34O2Si. The fourth-order valence-corrected chi connectivity index (χ4v) is 8.75. The third kappa shape index (κ3) is 5.82. The lowest BCUT2D eigenvalue weighted by molar-refractivity contribution is 0.138. The van der Waals surface area contributed by atoms with Gasteiger partial charge < -0.3 is 9.53 Å². The lowest BCUT2D eigenvalue weighted by atomic mass is 10.1. The van der Waals surface area contributed by atoms with E-state index < -0.39 is 14.4 Å². The van der Waals surface area contributed by atoms with E-state index in [0.717, 1.165) is 12.8 Å². The van der Waals surface area contributed by atoms with Crippen LogP contribution in [-0.4, -0.2) is 26.1 Å². The summed E-state index contributed by atoms with van der Waals surface area (Å²) < 4.78 is 6.78. The smallest absolute Gasteiger partial charge is 0.261 e. The highest BCUT2D eigenvalue weighted by Crippen LogP contribution is 2.36. The van der Waals surface area contributed by atoms with Crippen molar-refractivity contribution in [3.05, 3.63) is 109 Å². The van der Waals surface area contributed by atoms with E-state index in [-0.39, 0.29) is 11.6 Å². The van der Waals surface area contributed by atoms with Crippen molar-refractivity contribution in [2.45, 2.75) is 44.8 Å². The van der Waals surface area contributed by atoms with Crippen LogP contribution in [0, 0.1) is 0 Å².